The molecule has 5 heteroatoms. The number of halogens is 3. The van der Waals surface area contributed by atoms with E-state index in [9.17, 15) is 8.78 Å². The highest BCUT2D eigenvalue weighted by Crippen LogP contribution is 2.27. The summed E-state index contributed by atoms with van der Waals surface area (Å²) in [5, 5.41) is 0.158. The van der Waals surface area contributed by atoms with Crippen molar-refractivity contribution >= 4 is 17.7 Å². The molecule has 23 heavy (non-hydrogen) atoms. The van der Waals surface area contributed by atoms with Gasteiger partial charge in [0.25, 0.3) is 0 Å². The molecule has 0 atom stereocenters. The molecule has 0 aliphatic carbocycles. The van der Waals surface area contributed by atoms with Crippen LogP contribution in [0.4, 0.5) is 8.78 Å². The quantitative estimate of drug-likeness (QED) is 0.694. The molecule has 1 aliphatic rings. The van der Waals surface area contributed by atoms with Gasteiger partial charge in [-0.15, -0.1) is 0 Å². The van der Waals surface area contributed by atoms with Gasteiger partial charge in [0.2, 0.25) is 0 Å². The third-order valence-corrected chi connectivity index (χ3v) is 4.26. The summed E-state index contributed by atoms with van der Waals surface area (Å²) in [4.78, 5) is 0. The molecule has 0 saturated carbocycles. The molecule has 0 unspecified atom stereocenters. The number of hydrogen-bond acceptors (Lipinski definition) is 2. The number of rotatable bonds is 6. The largest absolute Gasteiger partial charge is 0.346 e. The van der Waals surface area contributed by atoms with Gasteiger partial charge in [0, 0.05) is 5.56 Å². The van der Waals surface area contributed by atoms with Crippen molar-refractivity contribution in [3.8, 4) is 0 Å². The minimum Gasteiger partial charge on any atom is -0.346 e. The average molecular weight is 345 g/mol. The first kappa shape index (κ1) is 18.4. The first-order valence-corrected chi connectivity index (χ1v) is 8.44. The van der Waals surface area contributed by atoms with Gasteiger partial charge in [0.15, 0.2) is 12.0 Å². The van der Waals surface area contributed by atoms with Gasteiger partial charge in [0.05, 0.1) is 18.2 Å². The van der Waals surface area contributed by atoms with Crippen LogP contribution in [0.2, 0.25) is 5.02 Å². The molecule has 1 aromatic carbocycles. The van der Waals surface area contributed by atoms with E-state index < -0.39 is 17.8 Å². The summed E-state index contributed by atoms with van der Waals surface area (Å²) >= 11 is 6.05. The Kier molecular flexibility index (Phi) is 6.57. The zero-order valence-corrected chi connectivity index (χ0v) is 14.3. The van der Waals surface area contributed by atoms with E-state index in [1.165, 1.54) is 0 Å². The van der Waals surface area contributed by atoms with Crippen molar-refractivity contribution in [1.29, 1.82) is 0 Å². The topological polar surface area (TPSA) is 18.5 Å². The monoisotopic (exact) mass is 344 g/mol. The third kappa shape index (κ3) is 4.75. The SMILES string of the molecule is CCCc1ccc(C=CC2OCC(F)(CCC)CO2)c(F)c1Cl. The highest BCUT2D eigenvalue weighted by Gasteiger charge is 2.35. The van der Waals surface area contributed by atoms with Crippen LogP contribution in [0.5, 0.6) is 0 Å². The Morgan fingerprint density at radius 2 is 1.96 bits per heavy atom. The summed E-state index contributed by atoms with van der Waals surface area (Å²) in [5.74, 6) is -0.449. The standard InChI is InChI=1S/C18H23ClF2O2/c1-3-5-13-6-7-14(17(20)16(13)19)8-9-15-22-11-18(21,10-4-2)12-23-15/h6-9,15H,3-5,10-12H2,1-2H3. The van der Waals surface area contributed by atoms with Crippen LogP contribution in [-0.4, -0.2) is 25.2 Å². The van der Waals surface area contributed by atoms with Gasteiger partial charge >= 0.3 is 0 Å². The third-order valence-electron chi connectivity index (χ3n) is 3.86. The molecular weight excluding hydrogens is 322 g/mol. The number of alkyl halides is 1. The Morgan fingerprint density at radius 1 is 1.26 bits per heavy atom. The van der Waals surface area contributed by atoms with Crippen molar-refractivity contribution in [3.05, 3.63) is 40.2 Å². The molecule has 128 valence electrons. The molecule has 0 spiro atoms. The summed E-state index contributed by atoms with van der Waals surface area (Å²) in [7, 11) is 0. The smallest absolute Gasteiger partial charge is 0.177 e. The van der Waals surface area contributed by atoms with Crippen LogP contribution in [0.1, 0.15) is 44.2 Å². The summed E-state index contributed by atoms with van der Waals surface area (Å²) in [5.41, 5.74) is -0.251. The van der Waals surface area contributed by atoms with Gasteiger partial charge in [-0.3, -0.25) is 0 Å². The highest BCUT2D eigenvalue weighted by atomic mass is 35.5. The maximum Gasteiger partial charge on any atom is 0.177 e. The Bertz CT molecular complexity index is 552. The Labute approximate surface area is 141 Å². The summed E-state index contributed by atoms with van der Waals surface area (Å²) in [6, 6.07) is 3.51. The van der Waals surface area contributed by atoms with Gasteiger partial charge in [-0.1, -0.05) is 56.5 Å². The fourth-order valence-electron chi connectivity index (χ4n) is 2.63. The van der Waals surface area contributed by atoms with Crippen molar-refractivity contribution in [3.63, 3.8) is 0 Å². The lowest BCUT2D eigenvalue weighted by molar-refractivity contribution is -0.212. The van der Waals surface area contributed by atoms with Crippen LogP contribution >= 0.6 is 11.6 Å². The fourth-order valence-corrected chi connectivity index (χ4v) is 2.90. The molecule has 1 heterocycles. The van der Waals surface area contributed by atoms with Crippen LogP contribution in [0.15, 0.2) is 18.2 Å². The van der Waals surface area contributed by atoms with Crippen molar-refractivity contribution in [2.45, 2.75) is 51.5 Å². The molecular formula is C18H23ClF2O2. The molecule has 1 aromatic rings. The van der Waals surface area contributed by atoms with Crippen LogP contribution in [0, 0.1) is 5.82 Å². The maximum atomic E-state index is 14.2. The molecule has 1 fully saturated rings. The Hall–Kier alpha value is -0.970. The second kappa shape index (κ2) is 8.22. The zero-order chi connectivity index (χ0) is 16.9. The van der Waals surface area contributed by atoms with Crippen molar-refractivity contribution in [2.75, 3.05) is 13.2 Å². The first-order valence-electron chi connectivity index (χ1n) is 8.06. The van der Waals surface area contributed by atoms with Gasteiger partial charge in [-0.05, 0) is 24.5 Å². The molecule has 0 aromatic heterocycles. The second-order valence-electron chi connectivity index (χ2n) is 5.94. The van der Waals surface area contributed by atoms with Crippen LogP contribution in [0.3, 0.4) is 0 Å². The normalized spacial score (nSPS) is 25.2. The van der Waals surface area contributed by atoms with Gasteiger partial charge in [-0.25, -0.2) is 8.78 Å². The van der Waals surface area contributed by atoms with E-state index in [0.717, 1.165) is 24.8 Å². The molecule has 0 N–H and O–H groups in total. The Morgan fingerprint density at radius 3 is 2.57 bits per heavy atom. The lowest BCUT2D eigenvalue weighted by Crippen LogP contribution is -2.43. The number of ether oxygens (including phenoxy) is 2. The van der Waals surface area contributed by atoms with E-state index >= 15 is 0 Å². The van der Waals surface area contributed by atoms with E-state index in [4.69, 9.17) is 21.1 Å². The molecule has 1 saturated heterocycles. The van der Waals surface area contributed by atoms with E-state index in [1.54, 1.807) is 18.2 Å². The zero-order valence-electron chi connectivity index (χ0n) is 13.6. The van der Waals surface area contributed by atoms with E-state index in [0.29, 0.717) is 12.0 Å². The van der Waals surface area contributed by atoms with Crippen molar-refractivity contribution in [1.82, 2.24) is 0 Å². The van der Waals surface area contributed by atoms with Gasteiger partial charge in [-0.2, -0.15) is 0 Å². The number of hydrogen-bond donors (Lipinski definition) is 0. The maximum absolute atomic E-state index is 14.2. The van der Waals surface area contributed by atoms with E-state index in [2.05, 4.69) is 0 Å². The van der Waals surface area contributed by atoms with Gasteiger partial charge in [0.1, 0.15) is 5.82 Å². The summed E-state index contributed by atoms with van der Waals surface area (Å²) in [6.45, 7) is 3.92. The van der Waals surface area contributed by atoms with E-state index in [1.807, 2.05) is 19.9 Å². The fraction of sp³-hybridized carbons (Fsp3) is 0.556. The van der Waals surface area contributed by atoms with Crippen molar-refractivity contribution in [2.24, 2.45) is 0 Å². The molecule has 0 amide bonds. The predicted octanol–water partition coefficient (Wildman–Crippen LogP) is 5.33. The number of benzene rings is 1. The van der Waals surface area contributed by atoms with E-state index in [-0.39, 0.29) is 18.2 Å². The van der Waals surface area contributed by atoms with Crippen LogP contribution in [-0.2, 0) is 15.9 Å². The molecule has 2 rings (SSSR count). The first-order chi connectivity index (χ1) is 11.0. The Balaban J connectivity index is 2.00. The molecule has 0 radical (unpaired) electrons. The predicted molar refractivity (Wildman–Crippen MR) is 88.9 cm³/mol. The lowest BCUT2D eigenvalue weighted by atomic mass is 10.0. The highest BCUT2D eigenvalue weighted by molar-refractivity contribution is 6.31. The second-order valence-corrected chi connectivity index (χ2v) is 6.32. The van der Waals surface area contributed by atoms with Gasteiger partial charge < -0.3 is 9.47 Å². The summed E-state index contributed by atoms with van der Waals surface area (Å²) < 4.78 is 39.2. The summed E-state index contributed by atoms with van der Waals surface area (Å²) in [6.07, 6.45) is 5.27. The minimum absolute atomic E-state index is 0.00543. The van der Waals surface area contributed by atoms with Crippen molar-refractivity contribution < 1.29 is 18.3 Å². The van der Waals surface area contributed by atoms with Crippen LogP contribution in [0.25, 0.3) is 6.08 Å². The minimum atomic E-state index is -1.42. The molecule has 0 bridgehead atoms. The lowest BCUT2D eigenvalue weighted by Gasteiger charge is -2.32. The molecule has 1 aliphatic heterocycles. The van der Waals surface area contributed by atoms with Crippen LogP contribution < -0.4 is 0 Å². The number of aryl methyl sites for hydroxylation is 1. The molecule has 2 nitrogen and oxygen atoms in total. The average Bonchev–Trinajstić information content (AvgIpc) is 2.53.